The molecule has 1 atom stereocenters. The first kappa shape index (κ1) is 16.2. The van der Waals surface area contributed by atoms with Gasteiger partial charge < -0.3 is 15.2 Å². The molecular formula is C16H27NO2. The Balaban J connectivity index is 2.27. The lowest BCUT2D eigenvalue weighted by Gasteiger charge is -2.13. The Morgan fingerprint density at radius 2 is 1.74 bits per heavy atom. The van der Waals surface area contributed by atoms with E-state index < -0.39 is 6.10 Å². The van der Waals surface area contributed by atoms with Gasteiger partial charge in [0, 0.05) is 20.3 Å². The van der Waals surface area contributed by atoms with Crippen LogP contribution in [0.4, 0.5) is 0 Å². The average molecular weight is 265 g/mol. The predicted octanol–water partition coefficient (Wildman–Crippen LogP) is 2.86. The Kier molecular flexibility index (Phi) is 7.72. The van der Waals surface area contributed by atoms with Gasteiger partial charge in [-0.25, -0.2) is 0 Å². The second-order valence-electron chi connectivity index (χ2n) is 5.24. The van der Waals surface area contributed by atoms with Crippen molar-refractivity contribution in [3.8, 4) is 0 Å². The molecule has 1 unspecified atom stereocenters. The Morgan fingerprint density at radius 3 is 2.32 bits per heavy atom. The van der Waals surface area contributed by atoms with Gasteiger partial charge in [0.1, 0.15) is 0 Å². The first-order valence-corrected chi connectivity index (χ1v) is 7.12. The van der Waals surface area contributed by atoms with Gasteiger partial charge in [-0.1, -0.05) is 38.1 Å². The van der Waals surface area contributed by atoms with Gasteiger partial charge in [0.25, 0.3) is 0 Å². The molecule has 0 aromatic heterocycles. The second-order valence-corrected chi connectivity index (χ2v) is 5.24. The van der Waals surface area contributed by atoms with Crippen LogP contribution in [0.2, 0.25) is 0 Å². The summed E-state index contributed by atoms with van der Waals surface area (Å²) in [5.41, 5.74) is 2.29. The van der Waals surface area contributed by atoms with Gasteiger partial charge >= 0.3 is 0 Å². The number of ether oxygens (including phenoxy) is 1. The summed E-state index contributed by atoms with van der Waals surface area (Å²) < 4.78 is 4.99. The van der Waals surface area contributed by atoms with E-state index in [2.05, 4.69) is 31.3 Å². The maximum atomic E-state index is 10.1. The van der Waals surface area contributed by atoms with E-state index in [9.17, 15) is 5.11 Å². The normalized spacial score (nSPS) is 12.9. The summed E-state index contributed by atoms with van der Waals surface area (Å²) in [5, 5.41) is 13.3. The molecule has 0 saturated heterocycles. The minimum atomic E-state index is -0.427. The fraction of sp³-hybridized carbons (Fsp3) is 0.625. The number of aliphatic hydroxyl groups is 1. The quantitative estimate of drug-likeness (QED) is 0.675. The highest BCUT2D eigenvalue weighted by Gasteiger charge is 2.07. The maximum absolute atomic E-state index is 10.1. The zero-order valence-corrected chi connectivity index (χ0v) is 12.4. The first-order chi connectivity index (χ1) is 9.15. The van der Waals surface area contributed by atoms with E-state index in [-0.39, 0.29) is 0 Å². The molecular weight excluding hydrogens is 238 g/mol. The van der Waals surface area contributed by atoms with Gasteiger partial charge in [-0.3, -0.25) is 0 Å². The highest BCUT2D eigenvalue weighted by molar-refractivity contribution is 5.26. The SMILES string of the molecule is COCCCCNCC(O)c1ccc(C(C)C)cc1. The number of rotatable bonds is 9. The average Bonchev–Trinajstić information content (AvgIpc) is 2.42. The van der Waals surface area contributed by atoms with Crippen molar-refractivity contribution in [3.63, 3.8) is 0 Å². The first-order valence-electron chi connectivity index (χ1n) is 7.12. The molecule has 0 amide bonds. The van der Waals surface area contributed by atoms with E-state index in [0.717, 1.165) is 31.6 Å². The van der Waals surface area contributed by atoms with Crippen LogP contribution in [0.3, 0.4) is 0 Å². The lowest BCUT2D eigenvalue weighted by Crippen LogP contribution is -2.22. The van der Waals surface area contributed by atoms with Crippen LogP contribution in [-0.2, 0) is 4.74 Å². The van der Waals surface area contributed by atoms with Crippen molar-refractivity contribution in [2.75, 3.05) is 26.8 Å². The molecule has 0 spiro atoms. The second kappa shape index (κ2) is 9.08. The van der Waals surface area contributed by atoms with Crippen molar-refractivity contribution in [1.82, 2.24) is 5.32 Å². The van der Waals surface area contributed by atoms with Crippen molar-refractivity contribution < 1.29 is 9.84 Å². The van der Waals surface area contributed by atoms with E-state index in [1.165, 1.54) is 5.56 Å². The van der Waals surface area contributed by atoms with Gasteiger partial charge in [-0.05, 0) is 36.4 Å². The highest BCUT2D eigenvalue weighted by Crippen LogP contribution is 2.18. The lowest BCUT2D eigenvalue weighted by molar-refractivity contribution is 0.172. The number of hydrogen-bond acceptors (Lipinski definition) is 3. The fourth-order valence-corrected chi connectivity index (χ4v) is 1.96. The van der Waals surface area contributed by atoms with Crippen LogP contribution in [0.15, 0.2) is 24.3 Å². The summed E-state index contributed by atoms with van der Waals surface area (Å²) in [7, 11) is 1.72. The lowest BCUT2D eigenvalue weighted by atomic mass is 10.00. The van der Waals surface area contributed by atoms with Crippen LogP contribution in [-0.4, -0.2) is 31.9 Å². The van der Waals surface area contributed by atoms with Crippen LogP contribution in [0.5, 0.6) is 0 Å². The Hall–Kier alpha value is -0.900. The van der Waals surface area contributed by atoms with Crippen LogP contribution in [0.25, 0.3) is 0 Å². The molecule has 3 nitrogen and oxygen atoms in total. The van der Waals surface area contributed by atoms with Crippen molar-refractivity contribution in [2.45, 2.75) is 38.7 Å². The van der Waals surface area contributed by atoms with Crippen LogP contribution < -0.4 is 5.32 Å². The molecule has 3 heteroatoms. The predicted molar refractivity (Wildman–Crippen MR) is 79.5 cm³/mol. The Bertz CT molecular complexity index is 335. The van der Waals surface area contributed by atoms with E-state index in [0.29, 0.717) is 12.5 Å². The molecule has 1 aromatic carbocycles. The minimum Gasteiger partial charge on any atom is -0.387 e. The summed E-state index contributed by atoms with van der Waals surface area (Å²) in [4.78, 5) is 0. The number of methoxy groups -OCH3 is 1. The molecule has 0 aliphatic carbocycles. The molecule has 0 aliphatic heterocycles. The molecule has 1 aromatic rings. The van der Waals surface area contributed by atoms with E-state index in [1.54, 1.807) is 7.11 Å². The number of aliphatic hydroxyl groups excluding tert-OH is 1. The van der Waals surface area contributed by atoms with E-state index in [1.807, 2.05) is 12.1 Å². The van der Waals surface area contributed by atoms with Crippen molar-refractivity contribution in [1.29, 1.82) is 0 Å². The van der Waals surface area contributed by atoms with E-state index in [4.69, 9.17) is 4.74 Å². The number of nitrogens with one attached hydrogen (secondary N) is 1. The van der Waals surface area contributed by atoms with Crippen molar-refractivity contribution >= 4 is 0 Å². The monoisotopic (exact) mass is 265 g/mol. The number of hydrogen-bond donors (Lipinski definition) is 2. The third kappa shape index (κ3) is 6.19. The minimum absolute atomic E-state index is 0.427. The smallest absolute Gasteiger partial charge is 0.0914 e. The van der Waals surface area contributed by atoms with Gasteiger partial charge in [0.2, 0.25) is 0 Å². The molecule has 2 N–H and O–H groups in total. The summed E-state index contributed by atoms with van der Waals surface area (Å²) >= 11 is 0. The molecule has 0 radical (unpaired) electrons. The van der Waals surface area contributed by atoms with Gasteiger partial charge in [0.05, 0.1) is 6.10 Å². The molecule has 19 heavy (non-hydrogen) atoms. The van der Waals surface area contributed by atoms with Gasteiger partial charge in [-0.2, -0.15) is 0 Å². The summed E-state index contributed by atoms with van der Waals surface area (Å²) in [6, 6.07) is 8.24. The molecule has 0 bridgehead atoms. The Morgan fingerprint density at radius 1 is 1.11 bits per heavy atom. The molecule has 1 rings (SSSR count). The number of benzene rings is 1. The van der Waals surface area contributed by atoms with Gasteiger partial charge in [0.15, 0.2) is 0 Å². The topological polar surface area (TPSA) is 41.5 Å². The van der Waals surface area contributed by atoms with Crippen LogP contribution in [0, 0.1) is 0 Å². The zero-order chi connectivity index (χ0) is 14.1. The van der Waals surface area contributed by atoms with Crippen LogP contribution in [0.1, 0.15) is 49.8 Å². The van der Waals surface area contributed by atoms with Crippen molar-refractivity contribution in [2.24, 2.45) is 0 Å². The zero-order valence-electron chi connectivity index (χ0n) is 12.4. The summed E-state index contributed by atoms with van der Waals surface area (Å²) in [6.45, 7) is 6.68. The van der Waals surface area contributed by atoms with Crippen molar-refractivity contribution in [3.05, 3.63) is 35.4 Å². The largest absolute Gasteiger partial charge is 0.387 e. The third-order valence-corrected chi connectivity index (χ3v) is 3.28. The van der Waals surface area contributed by atoms with Crippen LogP contribution >= 0.6 is 0 Å². The molecule has 108 valence electrons. The molecule has 0 aliphatic rings. The Labute approximate surface area is 117 Å². The maximum Gasteiger partial charge on any atom is 0.0914 e. The molecule has 0 fully saturated rings. The fourth-order valence-electron chi connectivity index (χ4n) is 1.96. The highest BCUT2D eigenvalue weighted by atomic mass is 16.5. The molecule has 0 heterocycles. The van der Waals surface area contributed by atoms with Gasteiger partial charge in [-0.15, -0.1) is 0 Å². The number of unbranched alkanes of at least 4 members (excludes halogenated alkanes) is 1. The standard InChI is InChI=1S/C16H27NO2/c1-13(2)14-6-8-15(9-7-14)16(18)12-17-10-4-5-11-19-3/h6-9,13,16-18H,4-5,10-12H2,1-3H3. The molecule has 0 saturated carbocycles. The summed E-state index contributed by atoms with van der Waals surface area (Å²) in [5.74, 6) is 0.533. The summed E-state index contributed by atoms with van der Waals surface area (Å²) in [6.07, 6.45) is 1.71. The third-order valence-electron chi connectivity index (χ3n) is 3.28. The van der Waals surface area contributed by atoms with E-state index >= 15 is 0 Å².